The average Bonchev–Trinajstić information content (AvgIpc) is 2.96. The van der Waals surface area contributed by atoms with E-state index >= 15 is 0 Å². The Kier molecular flexibility index (Phi) is 4.97. The van der Waals surface area contributed by atoms with Gasteiger partial charge in [0.1, 0.15) is 5.01 Å². The Morgan fingerprint density at radius 3 is 2.73 bits per heavy atom. The summed E-state index contributed by atoms with van der Waals surface area (Å²) in [5.74, 6) is 0.198. The zero-order valence-electron chi connectivity index (χ0n) is 12.7. The summed E-state index contributed by atoms with van der Waals surface area (Å²) in [5.41, 5.74) is 1.92. The lowest BCUT2D eigenvalue weighted by Crippen LogP contribution is -2.37. The molecule has 0 spiro atoms. The minimum atomic E-state index is 0.198. The van der Waals surface area contributed by atoms with Crippen LogP contribution in [0.5, 0.6) is 0 Å². The van der Waals surface area contributed by atoms with E-state index < -0.39 is 0 Å². The first-order valence-electron chi connectivity index (χ1n) is 7.60. The molecule has 1 aliphatic rings. The lowest BCUT2D eigenvalue weighted by Gasteiger charge is -2.26. The number of morpholine rings is 1. The Hall–Kier alpha value is -1.56. The normalized spacial score (nSPS) is 15.9. The number of rotatable bonds is 5. The van der Waals surface area contributed by atoms with Crippen LogP contribution in [0.15, 0.2) is 30.3 Å². The van der Waals surface area contributed by atoms with Crippen molar-refractivity contribution in [2.75, 3.05) is 32.8 Å². The molecule has 2 aromatic rings. The number of ether oxygens (including phenoxy) is 1. The number of hydrogen-bond acceptors (Lipinski definition) is 5. The Morgan fingerprint density at radius 1 is 1.27 bits per heavy atom. The van der Waals surface area contributed by atoms with Crippen LogP contribution in [0.4, 0.5) is 0 Å². The van der Waals surface area contributed by atoms with E-state index in [1.807, 2.05) is 37.3 Å². The maximum Gasteiger partial charge on any atom is 0.175 e. The molecule has 1 aliphatic heterocycles. The third-order valence-electron chi connectivity index (χ3n) is 3.83. The molecule has 0 unspecified atom stereocenters. The van der Waals surface area contributed by atoms with Gasteiger partial charge >= 0.3 is 0 Å². The van der Waals surface area contributed by atoms with E-state index in [0.29, 0.717) is 6.42 Å². The zero-order valence-corrected chi connectivity index (χ0v) is 13.6. The van der Waals surface area contributed by atoms with Gasteiger partial charge in [-0.25, -0.2) is 4.98 Å². The van der Waals surface area contributed by atoms with Crippen molar-refractivity contribution >= 4 is 17.1 Å². The minimum absolute atomic E-state index is 0.198. The lowest BCUT2D eigenvalue weighted by atomic mass is 10.2. The molecule has 1 saturated heterocycles. The summed E-state index contributed by atoms with van der Waals surface area (Å²) in [7, 11) is 0. The van der Waals surface area contributed by atoms with Gasteiger partial charge in [-0.05, 0) is 6.92 Å². The molecular weight excluding hydrogens is 296 g/mol. The number of Topliss-reactive ketones (excluding diaryl/α,β-unsaturated/α-hetero) is 1. The molecule has 0 N–H and O–H groups in total. The van der Waals surface area contributed by atoms with Gasteiger partial charge in [0, 0.05) is 31.6 Å². The van der Waals surface area contributed by atoms with E-state index in [9.17, 15) is 4.79 Å². The summed E-state index contributed by atoms with van der Waals surface area (Å²) < 4.78 is 5.33. The minimum Gasteiger partial charge on any atom is -0.379 e. The number of nitrogens with zero attached hydrogens (tertiary/aromatic N) is 2. The van der Waals surface area contributed by atoms with E-state index in [4.69, 9.17) is 4.74 Å². The number of carbonyl (C=O) groups is 1. The highest BCUT2D eigenvalue weighted by molar-refractivity contribution is 7.17. The molecule has 0 aliphatic carbocycles. The van der Waals surface area contributed by atoms with E-state index in [1.165, 1.54) is 11.3 Å². The topological polar surface area (TPSA) is 42.4 Å². The van der Waals surface area contributed by atoms with Crippen molar-refractivity contribution in [2.45, 2.75) is 13.3 Å². The number of aryl methyl sites for hydroxylation is 1. The van der Waals surface area contributed by atoms with Gasteiger partial charge in [0.25, 0.3) is 0 Å². The van der Waals surface area contributed by atoms with Crippen molar-refractivity contribution in [1.82, 2.24) is 9.88 Å². The van der Waals surface area contributed by atoms with Crippen LogP contribution >= 0.6 is 11.3 Å². The van der Waals surface area contributed by atoms with E-state index in [1.54, 1.807) is 0 Å². The molecule has 1 aromatic heterocycles. The standard InChI is InChI=1S/C17H20N2O2S/c1-13-16(15(20)7-8-19-9-11-21-12-10-19)22-17(18-13)14-5-3-2-4-6-14/h2-6H,7-12H2,1H3. The molecule has 0 amide bonds. The SMILES string of the molecule is Cc1nc(-c2ccccc2)sc1C(=O)CCN1CCOCC1. The highest BCUT2D eigenvalue weighted by atomic mass is 32.1. The first-order chi connectivity index (χ1) is 10.7. The number of hydrogen-bond donors (Lipinski definition) is 0. The molecule has 3 rings (SSSR count). The van der Waals surface area contributed by atoms with Crippen LogP contribution in [0.3, 0.4) is 0 Å². The molecule has 0 bridgehead atoms. The van der Waals surface area contributed by atoms with Gasteiger partial charge in [-0.15, -0.1) is 11.3 Å². The smallest absolute Gasteiger partial charge is 0.175 e. The second-order valence-electron chi connectivity index (χ2n) is 5.43. The van der Waals surface area contributed by atoms with Crippen LogP contribution in [0.2, 0.25) is 0 Å². The average molecular weight is 316 g/mol. The predicted molar refractivity (Wildman–Crippen MR) is 88.5 cm³/mol. The third-order valence-corrected chi connectivity index (χ3v) is 5.08. The quantitative estimate of drug-likeness (QED) is 0.795. The molecular formula is C17H20N2O2S. The number of ketones is 1. The van der Waals surface area contributed by atoms with Gasteiger partial charge in [-0.3, -0.25) is 9.69 Å². The van der Waals surface area contributed by atoms with Crippen molar-refractivity contribution in [3.05, 3.63) is 40.9 Å². The van der Waals surface area contributed by atoms with Crippen molar-refractivity contribution in [3.8, 4) is 10.6 Å². The Bertz CT molecular complexity index is 633. The third kappa shape index (κ3) is 3.61. The summed E-state index contributed by atoms with van der Waals surface area (Å²) in [6, 6.07) is 10.0. The van der Waals surface area contributed by atoms with Gasteiger partial charge in [0.05, 0.1) is 23.8 Å². The van der Waals surface area contributed by atoms with E-state index in [-0.39, 0.29) is 5.78 Å². The van der Waals surface area contributed by atoms with Gasteiger partial charge in [-0.2, -0.15) is 0 Å². The van der Waals surface area contributed by atoms with Crippen LogP contribution in [-0.4, -0.2) is 48.5 Å². The van der Waals surface area contributed by atoms with Crippen molar-refractivity contribution in [1.29, 1.82) is 0 Å². The maximum absolute atomic E-state index is 12.5. The Morgan fingerprint density at radius 2 is 2.00 bits per heavy atom. The van der Waals surface area contributed by atoms with Crippen molar-refractivity contribution < 1.29 is 9.53 Å². The summed E-state index contributed by atoms with van der Waals surface area (Å²) >= 11 is 1.50. The molecule has 1 aromatic carbocycles. The Labute approximate surface area is 134 Å². The number of aromatic nitrogens is 1. The largest absolute Gasteiger partial charge is 0.379 e. The van der Waals surface area contributed by atoms with Crippen LogP contribution in [-0.2, 0) is 4.74 Å². The van der Waals surface area contributed by atoms with Crippen molar-refractivity contribution in [3.63, 3.8) is 0 Å². The molecule has 2 heterocycles. The fraction of sp³-hybridized carbons (Fsp3) is 0.412. The second-order valence-corrected chi connectivity index (χ2v) is 6.43. The maximum atomic E-state index is 12.5. The summed E-state index contributed by atoms with van der Waals surface area (Å²) in [4.78, 5) is 20.1. The number of carbonyl (C=O) groups excluding carboxylic acids is 1. The summed E-state index contributed by atoms with van der Waals surface area (Å²) in [6.45, 7) is 6.11. The predicted octanol–water partition coefficient (Wildman–Crippen LogP) is 3.02. The molecule has 1 fully saturated rings. The number of benzene rings is 1. The first kappa shape index (κ1) is 15.3. The van der Waals surface area contributed by atoms with Gasteiger partial charge in [0.2, 0.25) is 0 Å². The van der Waals surface area contributed by atoms with Gasteiger partial charge in [-0.1, -0.05) is 30.3 Å². The highest BCUT2D eigenvalue weighted by Crippen LogP contribution is 2.28. The summed E-state index contributed by atoms with van der Waals surface area (Å²) in [5, 5.41) is 0.924. The Balaban J connectivity index is 1.66. The first-order valence-corrected chi connectivity index (χ1v) is 8.42. The summed E-state index contributed by atoms with van der Waals surface area (Å²) in [6.07, 6.45) is 0.553. The monoisotopic (exact) mass is 316 g/mol. The second kappa shape index (κ2) is 7.13. The fourth-order valence-corrected chi connectivity index (χ4v) is 3.60. The molecule has 22 heavy (non-hydrogen) atoms. The van der Waals surface area contributed by atoms with Gasteiger partial charge in [0.15, 0.2) is 5.78 Å². The zero-order chi connectivity index (χ0) is 15.4. The van der Waals surface area contributed by atoms with Crippen LogP contribution in [0.1, 0.15) is 21.8 Å². The molecule has 0 radical (unpaired) electrons. The van der Waals surface area contributed by atoms with Crippen LogP contribution in [0, 0.1) is 6.92 Å². The van der Waals surface area contributed by atoms with Crippen molar-refractivity contribution in [2.24, 2.45) is 0 Å². The molecule has 5 heteroatoms. The highest BCUT2D eigenvalue weighted by Gasteiger charge is 2.18. The van der Waals surface area contributed by atoms with Crippen LogP contribution < -0.4 is 0 Å². The molecule has 0 saturated carbocycles. The number of thiazole rings is 1. The van der Waals surface area contributed by atoms with Gasteiger partial charge < -0.3 is 4.74 Å². The molecule has 4 nitrogen and oxygen atoms in total. The molecule has 0 atom stereocenters. The van der Waals surface area contributed by atoms with E-state index in [0.717, 1.165) is 54.0 Å². The lowest BCUT2D eigenvalue weighted by molar-refractivity contribution is 0.0370. The van der Waals surface area contributed by atoms with E-state index in [2.05, 4.69) is 9.88 Å². The molecule has 116 valence electrons. The van der Waals surface area contributed by atoms with Crippen LogP contribution in [0.25, 0.3) is 10.6 Å². The fourth-order valence-electron chi connectivity index (χ4n) is 2.56.